The molecule has 1 aromatic heterocycles. The highest BCUT2D eigenvalue weighted by atomic mass is 35.5. The number of nitrogens with two attached hydrogens (primary N) is 1. The van der Waals surface area contributed by atoms with Gasteiger partial charge in [-0.15, -0.1) is 11.3 Å². The zero-order valence-electron chi connectivity index (χ0n) is 25.1. The van der Waals surface area contributed by atoms with Gasteiger partial charge in [0.05, 0.1) is 33.8 Å². The van der Waals surface area contributed by atoms with E-state index < -0.39 is 17.7 Å². The molecule has 1 fully saturated rings. The molecule has 2 heterocycles. The highest BCUT2D eigenvalue weighted by molar-refractivity contribution is 7.22. The van der Waals surface area contributed by atoms with E-state index >= 15 is 0 Å². The van der Waals surface area contributed by atoms with Crippen LogP contribution in [0.4, 0.5) is 11.4 Å². The molecule has 3 aromatic carbocycles. The molecule has 0 aliphatic carbocycles. The van der Waals surface area contributed by atoms with Gasteiger partial charge in [-0.1, -0.05) is 23.7 Å². The Morgan fingerprint density at radius 3 is 2.55 bits per heavy atom. The van der Waals surface area contributed by atoms with E-state index in [1.807, 2.05) is 70.2 Å². The van der Waals surface area contributed by atoms with Gasteiger partial charge in [0.1, 0.15) is 5.01 Å². The molecule has 1 saturated heterocycles. The number of carbonyl (C=O) groups is 1. The Hall–Kier alpha value is -3.17. The molecule has 0 unspecified atom stereocenters. The number of nitrogen functional groups attached to an aromatic ring is 1. The number of aryl methyl sites for hydroxylation is 1. The minimum absolute atomic E-state index is 0.260. The van der Waals surface area contributed by atoms with Crippen LogP contribution in [0.3, 0.4) is 0 Å². The van der Waals surface area contributed by atoms with Gasteiger partial charge in [0.15, 0.2) is 6.10 Å². The number of ether oxygens (including phenoxy) is 2. The first-order chi connectivity index (χ1) is 19.9. The number of rotatable bonds is 8. The van der Waals surface area contributed by atoms with Crippen molar-refractivity contribution in [3.63, 3.8) is 0 Å². The van der Waals surface area contributed by atoms with Crippen molar-refractivity contribution >= 4 is 50.5 Å². The van der Waals surface area contributed by atoms with Crippen LogP contribution in [0.2, 0.25) is 5.02 Å². The third-order valence-corrected chi connectivity index (χ3v) is 8.74. The van der Waals surface area contributed by atoms with Gasteiger partial charge in [0.25, 0.3) is 0 Å². The second-order valence-electron chi connectivity index (χ2n) is 11.9. The molecule has 7 nitrogen and oxygen atoms in total. The van der Waals surface area contributed by atoms with E-state index in [0.29, 0.717) is 16.8 Å². The number of likely N-dealkylation sites (N-methyl/N-ethyl adjacent to an activating group) is 1. The van der Waals surface area contributed by atoms with Crippen LogP contribution in [0.15, 0.2) is 48.5 Å². The smallest absolute Gasteiger partial charge is 0.339 e. The summed E-state index contributed by atoms with van der Waals surface area (Å²) < 4.78 is 12.9. The lowest BCUT2D eigenvalue weighted by molar-refractivity contribution is -0.166. The number of nitrogens with one attached hydrogen (secondary N) is 1. The number of halogens is 1. The van der Waals surface area contributed by atoms with Gasteiger partial charge in [-0.3, -0.25) is 0 Å². The van der Waals surface area contributed by atoms with Gasteiger partial charge in [-0.25, -0.2) is 9.78 Å². The largest absolute Gasteiger partial charge is 0.464 e. The predicted octanol–water partition coefficient (Wildman–Crippen LogP) is 7.71. The van der Waals surface area contributed by atoms with Gasteiger partial charge in [-0.2, -0.15) is 0 Å². The number of aromatic nitrogens is 1. The quantitative estimate of drug-likeness (QED) is 0.157. The first-order valence-corrected chi connectivity index (χ1v) is 15.5. The van der Waals surface area contributed by atoms with Gasteiger partial charge in [-0.05, 0) is 102 Å². The van der Waals surface area contributed by atoms with Crippen LogP contribution in [0.25, 0.3) is 31.9 Å². The first kappa shape index (κ1) is 30.3. The molecule has 4 aromatic rings. The van der Waals surface area contributed by atoms with Crippen molar-refractivity contribution in [3.05, 3.63) is 64.7 Å². The van der Waals surface area contributed by atoms with E-state index in [0.717, 1.165) is 68.2 Å². The Morgan fingerprint density at radius 1 is 1.19 bits per heavy atom. The van der Waals surface area contributed by atoms with Crippen LogP contribution in [-0.4, -0.2) is 54.2 Å². The van der Waals surface area contributed by atoms with Gasteiger partial charge in [0.2, 0.25) is 0 Å². The maximum atomic E-state index is 13.4. The summed E-state index contributed by atoms with van der Waals surface area (Å²) in [6.07, 6.45) is 0.161. The summed E-state index contributed by atoms with van der Waals surface area (Å²) in [6, 6.07) is 16.1. The van der Waals surface area contributed by atoms with E-state index in [9.17, 15) is 4.79 Å². The number of anilines is 2. The maximum Gasteiger partial charge on any atom is 0.339 e. The molecule has 9 heteroatoms. The van der Waals surface area contributed by atoms with Gasteiger partial charge < -0.3 is 25.4 Å². The lowest BCUT2D eigenvalue weighted by atomic mass is 9.91. The molecule has 0 spiro atoms. The second-order valence-corrected chi connectivity index (χ2v) is 13.3. The number of esters is 1. The maximum absolute atomic E-state index is 13.4. The van der Waals surface area contributed by atoms with E-state index in [1.165, 1.54) is 0 Å². The lowest BCUT2D eigenvalue weighted by Gasteiger charge is -2.29. The molecule has 5 rings (SSSR count). The summed E-state index contributed by atoms with van der Waals surface area (Å²) in [5.41, 5.74) is 12.8. The van der Waals surface area contributed by atoms with E-state index in [1.54, 1.807) is 18.3 Å². The van der Waals surface area contributed by atoms with Crippen LogP contribution in [0.5, 0.6) is 0 Å². The fourth-order valence-corrected chi connectivity index (χ4v) is 6.71. The van der Waals surface area contributed by atoms with Crippen LogP contribution in [-0.2, 0) is 14.3 Å². The predicted molar refractivity (Wildman–Crippen MR) is 174 cm³/mol. The molecule has 1 aliphatic rings. The minimum atomic E-state index is -0.914. The van der Waals surface area contributed by atoms with E-state index in [-0.39, 0.29) is 6.61 Å². The number of thiazole rings is 1. The Bertz CT molecular complexity index is 1600. The summed E-state index contributed by atoms with van der Waals surface area (Å²) in [5, 5.41) is 5.14. The molecule has 222 valence electrons. The summed E-state index contributed by atoms with van der Waals surface area (Å²) in [7, 11) is 2.14. The first-order valence-electron chi connectivity index (χ1n) is 14.3. The topological polar surface area (TPSA) is 89.7 Å². The molecule has 1 aliphatic heterocycles. The number of hydrogen-bond acceptors (Lipinski definition) is 8. The lowest BCUT2D eigenvalue weighted by Crippen LogP contribution is -2.29. The molecule has 3 N–H and O–H groups in total. The number of nitrogens with zero attached hydrogens (tertiary/aromatic N) is 2. The minimum Gasteiger partial charge on any atom is -0.464 e. The summed E-state index contributed by atoms with van der Waals surface area (Å²) in [6.45, 7) is 11.9. The van der Waals surface area contributed by atoms with Crippen molar-refractivity contribution in [3.8, 4) is 21.7 Å². The van der Waals surface area contributed by atoms with Crippen LogP contribution in [0, 0.1) is 6.92 Å². The molecule has 0 saturated carbocycles. The standard InChI is InChI=1S/C33H39ClN4O3S/c1-7-40-32(39)29(41-33(3,4)5)27-19(2)16-26-30(28(27)20-8-11-22(34)12-9-20)42-31(37-26)21-10-13-24(35)25(17-21)36-23-14-15-38(6)18-23/h8-13,16-17,23,29,36H,7,14-15,18,35H2,1-6H3/t23-,29+/m1/s1. The third-order valence-electron chi connectivity index (χ3n) is 7.35. The zero-order valence-corrected chi connectivity index (χ0v) is 26.7. The molecular weight excluding hydrogens is 568 g/mol. The number of likely N-dealkylation sites (tertiary alicyclic amines) is 1. The average Bonchev–Trinajstić information content (AvgIpc) is 3.53. The van der Waals surface area contributed by atoms with Crippen LogP contribution >= 0.6 is 22.9 Å². The Morgan fingerprint density at radius 2 is 1.90 bits per heavy atom. The molecular formula is C33H39ClN4O3S. The second kappa shape index (κ2) is 12.2. The van der Waals surface area contributed by atoms with Crippen molar-refractivity contribution in [2.75, 3.05) is 37.8 Å². The monoisotopic (exact) mass is 606 g/mol. The zero-order chi connectivity index (χ0) is 30.2. The van der Waals surface area contributed by atoms with Crippen molar-refractivity contribution in [1.29, 1.82) is 0 Å². The number of benzene rings is 3. The Kier molecular flexibility index (Phi) is 8.81. The SMILES string of the molecule is CCOC(=O)[C@@H](OC(C)(C)C)c1c(C)cc2nc(-c3ccc(N)c(N[C@@H]4CCN(C)C4)c3)sc2c1-c1ccc(Cl)cc1. The summed E-state index contributed by atoms with van der Waals surface area (Å²) in [5.74, 6) is -0.415. The summed E-state index contributed by atoms with van der Waals surface area (Å²) >= 11 is 7.87. The fourth-order valence-electron chi connectivity index (χ4n) is 5.46. The molecule has 0 amide bonds. The Balaban J connectivity index is 1.67. The van der Waals surface area contributed by atoms with Crippen molar-refractivity contribution in [2.24, 2.45) is 0 Å². The molecule has 0 bridgehead atoms. The van der Waals surface area contributed by atoms with Crippen molar-refractivity contribution in [2.45, 2.75) is 58.8 Å². The van der Waals surface area contributed by atoms with Crippen molar-refractivity contribution < 1.29 is 14.3 Å². The highest BCUT2D eigenvalue weighted by Crippen LogP contribution is 2.45. The fraction of sp³-hybridized carbons (Fsp3) is 0.394. The van der Waals surface area contributed by atoms with Crippen LogP contribution < -0.4 is 11.1 Å². The van der Waals surface area contributed by atoms with Crippen molar-refractivity contribution in [1.82, 2.24) is 9.88 Å². The average molecular weight is 607 g/mol. The van der Waals surface area contributed by atoms with Gasteiger partial charge in [0, 0.05) is 34.3 Å². The molecule has 42 heavy (non-hydrogen) atoms. The van der Waals surface area contributed by atoms with Crippen LogP contribution in [0.1, 0.15) is 51.3 Å². The third kappa shape index (κ3) is 6.57. The number of hydrogen-bond donors (Lipinski definition) is 2. The van der Waals surface area contributed by atoms with Gasteiger partial charge >= 0.3 is 5.97 Å². The normalized spacial score (nSPS) is 16.6. The number of carbonyl (C=O) groups excluding carboxylic acids is 1. The summed E-state index contributed by atoms with van der Waals surface area (Å²) in [4.78, 5) is 20.8. The molecule has 0 radical (unpaired) electrons. The van der Waals surface area contributed by atoms with E-state index in [2.05, 4.69) is 23.3 Å². The number of fused-ring (bicyclic) bond motifs is 1. The Labute approximate surface area is 257 Å². The molecule has 2 atom stereocenters. The van der Waals surface area contributed by atoms with E-state index in [4.69, 9.17) is 31.8 Å². The highest BCUT2D eigenvalue weighted by Gasteiger charge is 2.33.